The van der Waals surface area contributed by atoms with Crippen LogP contribution < -0.4 is 0 Å². The van der Waals surface area contributed by atoms with Crippen LogP contribution in [0.25, 0.3) is 0 Å². The molecule has 2 fully saturated rings. The fourth-order valence-electron chi connectivity index (χ4n) is 2.86. The normalized spacial score (nSPS) is 46.4. The molecule has 8 nitrogen and oxygen atoms in total. The number of carbonyl (C=O) groups is 1. The Kier molecular flexibility index (Phi) is 5.76. The standard InChI is InChI=1S/C14H24O8/c1-6-10(16)13(19-4)11(17)14(21-6)22-12-7(2)20-9(15)5-8(12)18-3/h6-8,10-14,16-17H,5H2,1-4H3/t6-,7-,8+,10-,11-,12-,13-,14+/m1/s1. The summed E-state index contributed by atoms with van der Waals surface area (Å²) in [5.41, 5.74) is 0. The number of ether oxygens (including phenoxy) is 5. The van der Waals surface area contributed by atoms with Crippen molar-refractivity contribution in [3.05, 3.63) is 0 Å². The van der Waals surface area contributed by atoms with Crippen molar-refractivity contribution in [1.29, 1.82) is 0 Å². The lowest BCUT2D eigenvalue weighted by molar-refractivity contribution is -0.323. The van der Waals surface area contributed by atoms with Crippen molar-refractivity contribution in [3.8, 4) is 0 Å². The van der Waals surface area contributed by atoms with E-state index in [2.05, 4.69) is 0 Å². The third-order valence-corrected chi connectivity index (χ3v) is 4.16. The Bertz CT molecular complexity index is 389. The van der Waals surface area contributed by atoms with Gasteiger partial charge >= 0.3 is 5.97 Å². The number of aliphatic hydroxyl groups is 2. The highest BCUT2D eigenvalue weighted by molar-refractivity contribution is 5.71. The molecular formula is C14H24O8. The lowest BCUT2D eigenvalue weighted by Crippen LogP contribution is -2.60. The van der Waals surface area contributed by atoms with Crippen LogP contribution in [-0.2, 0) is 28.5 Å². The molecule has 0 saturated carbocycles. The maximum Gasteiger partial charge on any atom is 0.308 e. The second kappa shape index (κ2) is 7.20. The molecular weight excluding hydrogens is 296 g/mol. The van der Waals surface area contributed by atoms with Gasteiger partial charge in [-0.3, -0.25) is 4.79 Å². The molecule has 2 N–H and O–H groups in total. The number of cyclic esters (lactones) is 1. The van der Waals surface area contributed by atoms with Crippen LogP contribution in [0, 0.1) is 0 Å². The van der Waals surface area contributed by atoms with E-state index in [4.69, 9.17) is 23.7 Å². The summed E-state index contributed by atoms with van der Waals surface area (Å²) in [6.07, 6.45) is -6.07. The molecule has 0 amide bonds. The Morgan fingerprint density at radius 2 is 1.73 bits per heavy atom. The van der Waals surface area contributed by atoms with E-state index in [1.54, 1.807) is 13.8 Å². The zero-order chi connectivity index (χ0) is 16.4. The predicted octanol–water partition coefficient (Wildman–Crippen LogP) is -0.796. The first kappa shape index (κ1) is 17.6. The molecule has 0 aromatic carbocycles. The summed E-state index contributed by atoms with van der Waals surface area (Å²) in [5, 5.41) is 20.2. The minimum atomic E-state index is -1.17. The number of hydrogen-bond donors (Lipinski definition) is 2. The van der Waals surface area contributed by atoms with E-state index in [9.17, 15) is 15.0 Å². The van der Waals surface area contributed by atoms with Crippen LogP contribution >= 0.6 is 0 Å². The van der Waals surface area contributed by atoms with E-state index in [1.165, 1.54) is 14.2 Å². The second-order valence-corrected chi connectivity index (χ2v) is 5.67. The van der Waals surface area contributed by atoms with Gasteiger partial charge < -0.3 is 33.9 Å². The minimum Gasteiger partial charge on any atom is -0.460 e. The number of carbonyl (C=O) groups excluding carboxylic acids is 1. The summed E-state index contributed by atoms with van der Waals surface area (Å²) in [6, 6.07) is 0. The number of hydrogen-bond acceptors (Lipinski definition) is 8. The lowest BCUT2D eigenvalue weighted by Gasteiger charge is -2.44. The Morgan fingerprint density at radius 3 is 2.32 bits per heavy atom. The molecule has 2 aliphatic heterocycles. The van der Waals surface area contributed by atoms with E-state index in [1.807, 2.05) is 0 Å². The van der Waals surface area contributed by atoms with Crippen molar-refractivity contribution in [2.45, 2.75) is 69.3 Å². The molecule has 0 aromatic rings. The van der Waals surface area contributed by atoms with Crippen molar-refractivity contribution in [2.75, 3.05) is 14.2 Å². The van der Waals surface area contributed by atoms with Gasteiger partial charge in [0.25, 0.3) is 0 Å². The highest BCUT2D eigenvalue weighted by Crippen LogP contribution is 2.28. The van der Waals surface area contributed by atoms with E-state index in [0.29, 0.717) is 0 Å². The highest BCUT2D eigenvalue weighted by atomic mass is 16.7. The fraction of sp³-hybridized carbons (Fsp3) is 0.929. The molecule has 0 radical (unpaired) electrons. The maximum atomic E-state index is 11.4. The highest BCUT2D eigenvalue weighted by Gasteiger charge is 2.47. The summed E-state index contributed by atoms with van der Waals surface area (Å²) < 4.78 is 26.9. The zero-order valence-electron chi connectivity index (χ0n) is 13.2. The van der Waals surface area contributed by atoms with Crippen LogP contribution in [0.3, 0.4) is 0 Å². The first-order valence-corrected chi connectivity index (χ1v) is 7.31. The fourth-order valence-corrected chi connectivity index (χ4v) is 2.86. The van der Waals surface area contributed by atoms with E-state index < -0.39 is 49.0 Å². The molecule has 0 aromatic heterocycles. The van der Waals surface area contributed by atoms with Gasteiger partial charge in [-0.05, 0) is 13.8 Å². The van der Waals surface area contributed by atoms with E-state index in [-0.39, 0.29) is 12.4 Å². The molecule has 0 spiro atoms. The first-order valence-electron chi connectivity index (χ1n) is 7.31. The largest absolute Gasteiger partial charge is 0.460 e. The third kappa shape index (κ3) is 3.42. The molecule has 2 rings (SSSR count). The van der Waals surface area contributed by atoms with Crippen LogP contribution in [-0.4, -0.2) is 79.4 Å². The molecule has 22 heavy (non-hydrogen) atoms. The molecule has 0 bridgehead atoms. The number of aliphatic hydroxyl groups excluding tert-OH is 2. The molecule has 2 saturated heterocycles. The summed E-state index contributed by atoms with van der Waals surface area (Å²) >= 11 is 0. The average molecular weight is 320 g/mol. The summed E-state index contributed by atoms with van der Waals surface area (Å²) in [7, 11) is 2.88. The number of methoxy groups -OCH3 is 2. The Balaban J connectivity index is 2.09. The Morgan fingerprint density at radius 1 is 1.05 bits per heavy atom. The lowest BCUT2D eigenvalue weighted by atomic mass is 9.98. The molecule has 0 aliphatic carbocycles. The van der Waals surface area contributed by atoms with Crippen molar-refractivity contribution in [3.63, 3.8) is 0 Å². The van der Waals surface area contributed by atoms with Gasteiger partial charge in [0.1, 0.15) is 30.5 Å². The van der Waals surface area contributed by atoms with Crippen LogP contribution in [0.5, 0.6) is 0 Å². The maximum absolute atomic E-state index is 11.4. The van der Waals surface area contributed by atoms with Gasteiger partial charge in [-0.1, -0.05) is 0 Å². The summed E-state index contributed by atoms with van der Waals surface area (Å²) in [5.74, 6) is -0.358. The Hall–Kier alpha value is -0.770. The summed E-state index contributed by atoms with van der Waals surface area (Å²) in [6.45, 7) is 3.35. The van der Waals surface area contributed by atoms with Crippen LogP contribution in [0.2, 0.25) is 0 Å². The monoisotopic (exact) mass is 320 g/mol. The van der Waals surface area contributed by atoms with Gasteiger partial charge in [0, 0.05) is 14.2 Å². The molecule has 0 unspecified atom stereocenters. The van der Waals surface area contributed by atoms with Gasteiger partial charge in [0.05, 0.1) is 18.6 Å². The van der Waals surface area contributed by atoms with Crippen molar-refractivity contribution >= 4 is 5.97 Å². The minimum absolute atomic E-state index is 0.0696. The van der Waals surface area contributed by atoms with Crippen LogP contribution in [0.1, 0.15) is 20.3 Å². The van der Waals surface area contributed by atoms with Gasteiger partial charge in [-0.15, -0.1) is 0 Å². The topological polar surface area (TPSA) is 104 Å². The van der Waals surface area contributed by atoms with Gasteiger partial charge in [0.2, 0.25) is 0 Å². The van der Waals surface area contributed by atoms with Crippen molar-refractivity contribution in [2.24, 2.45) is 0 Å². The number of esters is 1. The van der Waals surface area contributed by atoms with E-state index >= 15 is 0 Å². The first-order chi connectivity index (χ1) is 10.4. The zero-order valence-corrected chi connectivity index (χ0v) is 13.2. The third-order valence-electron chi connectivity index (χ3n) is 4.16. The summed E-state index contributed by atoms with van der Waals surface area (Å²) in [4.78, 5) is 11.4. The molecule has 128 valence electrons. The van der Waals surface area contributed by atoms with Crippen LogP contribution in [0.4, 0.5) is 0 Å². The smallest absolute Gasteiger partial charge is 0.308 e. The molecule has 2 heterocycles. The average Bonchev–Trinajstić information content (AvgIpc) is 2.47. The van der Waals surface area contributed by atoms with E-state index in [0.717, 1.165) is 0 Å². The Labute approximate surface area is 129 Å². The van der Waals surface area contributed by atoms with Crippen LogP contribution in [0.15, 0.2) is 0 Å². The molecule has 8 heteroatoms. The van der Waals surface area contributed by atoms with Gasteiger partial charge in [0.15, 0.2) is 6.29 Å². The van der Waals surface area contributed by atoms with Crippen molar-refractivity contribution in [1.82, 2.24) is 0 Å². The second-order valence-electron chi connectivity index (χ2n) is 5.67. The van der Waals surface area contributed by atoms with Crippen molar-refractivity contribution < 1.29 is 38.7 Å². The SMILES string of the molecule is CO[C@H]1[C@@H](O)[C@H](O[C@H]2[C@@H](OC)CC(=O)O[C@@H]2C)O[C@H](C)[C@H]1O. The molecule has 2 aliphatic rings. The molecule has 8 atom stereocenters. The van der Waals surface area contributed by atoms with Gasteiger partial charge in [-0.2, -0.15) is 0 Å². The van der Waals surface area contributed by atoms with Gasteiger partial charge in [-0.25, -0.2) is 0 Å². The predicted molar refractivity (Wildman–Crippen MR) is 73.0 cm³/mol. The number of rotatable bonds is 4. The quantitative estimate of drug-likeness (QED) is 0.649.